The van der Waals surface area contributed by atoms with Gasteiger partial charge in [0.1, 0.15) is 5.76 Å². The number of hydrogen-bond donors (Lipinski definition) is 1. The Balaban J connectivity index is 2.08. The molecular weight excluding hydrogens is 312 g/mol. The zero-order chi connectivity index (χ0) is 18.1. The van der Waals surface area contributed by atoms with Crippen LogP contribution in [0.15, 0.2) is 41.7 Å². The van der Waals surface area contributed by atoms with E-state index in [9.17, 15) is 14.7 Å². The number of allylic oxidation sites excluding steroid dienone is 2. The van der Waals surface area contributed by atoms with Crippen molar-refractivity contribution in [2.24, 2.45) is 0 Å². The fraction of sp³-hybridized carbons (Fsp3) is 0.364. The van der Waals surface area contributed by atoms with E-state index in [-0.39, 0.29) is 35.2 Å². The van der Waals surface area contributed by atoms with Crippen molar-refractivity contribution in [2.45, 2.75) is 52.4 Å². The van der Waals surface area contributed by atoms with Crippen molar-refractivity contribution in [1.29, 1.82) is 0 Å². The Hall–Kier alpha value is -2.42. The van der Waals surface area contributed by atoms with E-state index in [0.717, 1.165) is 21.9 Å². The van der Waals surface area contributed by atoms with E-state index in [1.54, 1.807) is 0 Å². The Bertz CT molecular complexity index is 890. The van der Waals surface area contributed by atoms with Gasteiger partial charge in [-0.05, 0) is 53.6 Å². The molecule has 3 heteroatoms. The first-order chi connectivity index (χ1) is 11.9. The van der Waals surface area contributed by atoms with Crippen LogP contribution < -0.4 is 0 Å². The highest BCUT2D eigenvalue weighted by Crippen LogP contribution is 2.40. The second-order valence-electron chi connectivity index (χ2n) is 6.98. The van der Waals surface area contributed by atoms with Crippen LogP contribution in [-0.2, 0) is 9.59 Å². The molecule has 3 rings (SSSR count). The van der Waals surface area contributed by atoms with Gasteiger partial charge in [0.05, 0.1) is 5.57 Å². The van der Waals surface area contributed by atoms with E-state index >= 15 is 0 Å². The van der Waals surface area contributed by atoms with Gasteiger partial charge in [-0.3, -0.25) is 9.59 Å². The van der Waals surface area contributed by atoms with Gasteiger partial charge in [0.25, 0.3) is 0 Å². The lowest BCUT2D eigenvalue weighted by Gasteiger charge is -2.26. The van der Waals surface area contributed by atoms with Gasteiger partial charge in [0.15, 0.2) is 11.6 Å². The number of aryl methyl sites for hydroxylation is 1. The highest BCUT2D eigenvalue weighted by Gasteiger charge is 2.33. The predicted molar refractivity (Wildman–Crippen MR) is 100.0 cm³/mol. The summed E-state index contributed by atoms with van der Waals surface area (Å²) in [5.41, 5.74) is 3.50. The number of rotatable bonds is 4. The molecule has 0 heterocycles. The zero-order valence-electron chi connectivity index (χ0n) is 15.1. The molecule has 0 amide bonds. The number of carbonyl (C=O) groups excluding carboxylic acids is 2. The first kappa shape index (κ1) is 17.4. The molecule has 0 saturated carbocycles. The summed E-state index contributed by atoms with van der Waals surface area (Å²) in [6.45, 7) is 6.04. The van der Waals surface area contributed by atoms with Gasteiger partial charge in [-0.15, -0.1) is 0 Å². The predicted octanol–water partition coefficient (Wildman–Crippen LogP) is 5.08. The molecule has 1 N–H and O–H groups in total. The monoisotopic (exact) mass is 336 g/mol. The number of ketones is 2. The fourth-order valence-corrected chi connectivity index (χ4v) is 3.92. The second-order valence-corrected chi connectivity index (χ2v) is 6.98. The Morgan fingerprint density at radius 1 is 1.20 bits per heavy atom. The number of hydrogen-bond acceptors (Lipinski definition) is 3. The Morgan fingerprint density at radius 2 is 1.92 bits per heavy atom. The highest BCUT2D eigenvalue weighted by molar-refractivity contribution is 6.21. The molecule has 3 nitrogen and oxygen atoms in total. The summed E-state index contributed by atoms with van der Waals surface area (Å²) in [5.74, 6) is -0.577. The van der Waals surface area contributed by atoms with Gasteiger partial charge >= 0.3 is 0 Å². The number of Topliss-reactive ketones (excluding diaryl/α,β-unsaturated/α-hetero) is 2. The number of aliphatic hydroxyl groups is 1. The number of benzene rings is 2. The largest absolute Gasteiger partial charge is 0.511 e. The van der Waals surface area contributed by atoms with Crippen molar-refractivity contribution in [3.8, 4) is 0 Å². The molecular formula is C22H24O3. The Labute approximate surface area is 148 Å². The maximum Gasteiger partial charge on any atom is 0.170 e. The standard InChI is InChI=1S/C22H24O3/c1-4-7-18(23)22-19(24)11-16(12-20(22)25)21-14(3)13(2)10-15-8-5-6-9-17(15)21/h5-6,8-10,16,24H,4,7,11-12H2,1-3H3. The van der Waals surface area contributed by atoms with E-state index in [4.69, 9.17) is 0 Å². The fourth-order valence-electron chi connectivity index (χ4n) is 3.92. The number of fused-ring (bicyclic) bond motifs is 1. The van der Waals surface area contributed by atoms with Crippen molar-refractivity contribution >= 4 is 22.3 Å². The second kappa shape index (κ2) is 6.83. The normalized spacial score (nSPS) is 18.0. The SMILES string of the molecule is CCCC(=O)C1=C(O)CC(c2c(C)c(C)cc3ccccc23)CC1=O. The van der Waals surface area contributed by atoms with Gasteiger partial charge in [-0.2, -0.15) is 0 Å². The Kier molecular flexibility index (Phi) is 4.76. The first-order valence-electron chi connectivity index (χ1n) is 8.91. The molecule has 1 unspecified atom stereocenters. The van der Waals surface area contributed by atoms with Crippen LogP contribution in [0.25, 0.3) is 10.8 Å². The Morgan fingerprint density at radius 3 is 2.60 bits per heavy atom. The lowest BCUT2D eigenvalue weighted by Crippen LogP contribution is -2.24. The summed E-state index contributed by atoms with van der Waals surface area (Å²) in [6, 6.07) is 10.3. The molecule has 0 aliphatic heterocycles. The molecule has 1 atom stereocenters. The van der Waals surface area contributed by atoms with Gasteiger partial charge in [-0.25, -0.2) is 0 Å². The average Bonchev–Trinajstić information content (AvgIpc) is 2.55. The van der Waals surface area contributed by atoms with Crippen LogP contribution in [0.1, 0.15) is 55.2 Å². The van der Waals surface area contributed by atoms with Crippen molar-refractivity contribution in [2.75, 3.05) is 0 Å². The van der Waals surface area contributed by atoms with Crippen LogP contribution in [0.5, 0.6) is 0 Å². The number of carbonyl (C=O) groups is 2. The van der Waals surface area contributed by atoms with Gasteiger partial charge in [0.2, 0.25) is 0 Å². The summed E-state index contributed by atoms with van der Waals surface area (Å²) in [7, 11) is 0. The van der Waals surface area contributed by atoms with Crippen molar-refractivity contribution in [1.82, 2.24) is 0 Å². The molecule has 0 spiro atoms. The van der Waals surface area contributed by atoms with E-state index in [0.29, 0.717) is 19.3 Å². The molecule has 2 aromatic carbocycles. The minimum absolute atomic E-state index is 0.0349. The smallest absolute Gasteiger partial charge is 0.170 e. The highest BCUT2D eigenvalue weighted by atomic mass is 16.3. The summed E-state index contributed by atoms with van der Waals surface area (Å²) in [4.78, 5) is 24.8. The van der Waals surface area contributed by atoms with Crippen LogP contribution in [0.3, 0.4) is 0 Å². The maximum atomic E-state index is 12.6. The van der Waals surface area contributed by atoms with E-state index < -0.39 is 0 Å². The van der Waals surface area contributed by atoms with Gasteiger partial charge in [-0.1, -0.05) is 37.3 Å². The van der Waals surface area contributed by atoms with E-state index in [1.165, 1.54) is 5.56 Å². The molecule has 1 aliphatic rings. The molecule has 25 heavy (non-hydrogen) atoms. The van der Waals surface area contributed by atoms with Gasteiger partial charge in [0, 0.05) is 19.3 Å². The molecule has 1 aliphatic carbocycles. The molecule has 0 fully saturated rings. The van der Waals surface area contributed by atoms with E-state index in [2.05, 4.69) is 32.0 Å². The van der Waals surface area contributed by atoms with Crippen LogP contribution in [0.2, 0.25) is 0 Å². The quantitative estimate of drug-likeness (QED) is 0.792. The maximum absolute atomic E-state index is 12.6. The third kappa shape index (κ3) is 3.11. The summed E-state index contributed by atoms with van der Waals surface area (Å²) in [6.07, 6.45) is 1.62. The minimum Gasteiger partial charge on any atom is -0.511 e. The topological polar surface area (TPSA) is 54.4 Å². The molecule has 0 bridgehead atoms. The molecule has 0 aromatic heterocycles. The first-order valence-corrected chi connectivity index (χ1v) is 8.91. The summed E-state index contributed by atoms with van der Waals surface area (Å²) >= 11 is 0. The number of aliphatic hydroxyl groups excluding tert-OH is 1. The van der Waals surface area contributed by atoms with Crippen LogP contribution in [0.4, 0.5) is 0 Å². The van der Waals surface area contributed by atoms with Crippen molar-refractivity contribution in [3.05, 3.63) is 58.4 Å². The van der Waals surface area contributed by atoms with Crippen LogP contribution in [-0.4, -0.2) is 16.7 Å². The summed E-state index contributed by atoms with van der Waals surface area (Å²) < 4.78 is 0. The summed E-state index contributed by atoms with van der Waals surface area (Å²) in [5, 5.41) is 12.7. The average molecular weight is 336 g/mol. The van der Waals surface area contributed by atoms with Crippen LogP contribution in [0, 0.1) is 13.8 Å². The molecule has 2 aromatic rings. The van der Waals surface area contributed by atoms with Crippen molar-refractivity contribution in [3.63, 3.8) is 0 Å². The lowest BCUT2D eigenvalue weighted by atomic mass is 9.77. The van der Waals surface area contributed by atoms with Gasteiger partial charge < -0.3 is 5.11 Å². The van der Waals surface area contributed by atoms with Crippen LogP contribution >= 0.6 is 0 Å². The molecule has 130 valence electrons. The van der Waals surface area contributed by atoms with Crippen molar-refractivity contribution < 1.29 is 14.7 Å². The molecule has 0 saturated heterocycles. The third-order valence-electron chi connectivity index (χ3n) is 5.22. The van der Waals surface area contributed by atoms with E-state index in [1.807, 2.05) is 19.1 Å². The zero-order valence-corrected chi connectivity index (χ0v) is 15.1. The molecule has 0 radical (unpaired) electrons. The minimum atomic E-state index is -0.228. The third-order valence-corrected chi connectivity index (χ3v) is 5.22. The lowest BCUT2D eigenvalue weighted by molar-refractivity contribution is -0.122.